The number of nitriles is 1. The molecular formula is C51H62N8O7. The number of hydrazine groups is 1. The van der Waals surface area contributed by atoms with Crippen LogP contribution in [0, 0.1) is 28.6 Å². The number of benzene rings is 2. The first-order valence-corrected chi connectivity index (χ1v) is 22.7. The summed E-state index contributed by atoms with van der Waals surface area (Å²) in [5.74, 6) is -3.07. The van der Waals surface area contributed by atoms with Gasteiger partial charge in [0.15, 0.2) is 0 Å². The summed E-state index contributed by atoms with van der Waals surface area (Å²) in [6, 6.07) is 15.6. The van der Waals surface area contributed by atoms with Gasteiger partial charge in [-0.15, -0.1) is 0 Å². The maximum absolute atomic E-state index is 15.0. The van der Waals surface area contributed by atoms with Crippen LogP contribution in [0.1, 0.15) is 78.9 Å². The number of ether oxygens (including phenoxy) is 1. The quantitative estimate of drug-likeness (QED) is 0.142. The van der Waals surface area contributed by atoms with Crippen LogP contribution in [0.2, 0.25) is 0 Å². The lowest BCUT2D eigenvalue weighted by Crippen LogP contribution is -2.67. The average Bonchev–Trinajstić information content (AvgIpc) is 3.91. The van der Waals surface area contributed by atoms with E-state index in [1.54, 1.807) is 43.4 Å². The van der Waals surface area contributed by atoms with Crippen LogP contribution in [-0.2, 0) is 47.1 Å². The van der Waals surface area contributed by atoms with Crippen molar-refractivity contribution in [1.82, 2.24) is 35.1 Å². The van der Waals surface area contributed by atoms with Gasteiger partial charge in [0.25, 0.3) is 5.91 Å². The van der Waals surface area contributed by atoms with Gasteiger partial charge in [0, 0.05) is 61.9 Å². The molecule has 0 saturated carbocycles. The molecule has 3 aliphatic heterocycles. The maximum atomic E-state index is 15.0. The highest BCUT2D eigenvalue weighted by molar-refractivity contribution is 5.97. The molecule has 3 N–H and O–H groups in total. The highest BCUT2D eigenvalue weighted by atomic mass is 16.5. The molecule has 4 aromatic rings. The predicted molar refractivity (Wildman–Crippen MR) is 250 cm³/mol. The summed E-state index contributed by atoms with van der Waals surface area (Å²) in [5.41, 5.74) is 5.31. The van der Waals surface area contributed by atoms with E-state index in [2.05, 4.69) is 32.9 Å². The van der Waals surface area contributed by atoms with E-state index in [0.29, 0.717) is 43.4 Å². The van der Waals surface area contributed by atoms with Gasteiger partial charge in [-0.1, -0.05) is 46.4 Å². The number of likely N-dealkylation sites (N-methyl/N-ethyl adjacent to an activating group) is 1. The number of nitrogens with zero attached hydrogens (tertiary/aromatic N) is 6. The minimum Gasteiger partial charge on any atom is -0.508 e. The first-order chi connectivity index (χ1) is 31.2. The minimum absolute atomic E-state index is 0.0509. The summed E-state index contributed by atoms with van der Waals surface area (Å²) in [6.07, 6.45) is 6.38. The number of carbonyl (C=O) groups excluding carboxylic acids is 5. The van der Waals surface area contributed by atoms with Crippen LogP contribution >= 0.6 is 0 Å². The molecule has 15 heteroatoms. The number of phenolic OH excluding ortho intramolecular Hbond substituents is 1. The molecule has 6 bridgehead atoms. The normalized spacial score (nSPS) is 21.7. The number of amides is 4. The zero-order chi connectivity index (χ0) is 47.9. The van der Waals surface area contributed by atoms with Crippen LogP contribution in [-0.4, -0.2) is 110 Å². The van der Waals surface area contributed by atoms with Gasteiger partial charge < -0.3 is 29.5 Å². The standard InChI is InChI=1S/C51H62N8O7/c1-10-42(61)57-21-17-35(28-57)46(63)56(9)43(31(2)3)45(62)54-51(8)26-32-22-36(24-37(60)23-32)34-13-14-41-38(25-34)39(44(33-15-18-53-19-16-33)59(41)50(6,7)29-52)27-49(4,5)30-66-47(64)40-12-11-20-58(55-40)48(51)65/h10,13-16,18-19,22-25,31,35,40,43,55,60H,1,11-12,17,20-21,26-28,30H2,2-9H3,(H,54,62)/t35-,40-,43-,51?/m0/s1. The molecule has 7 rings (SSSR count). The molecule has 0 aliphatic carbocycles. The number of hydrogen-bond acceptors (Lipinski definition) is 10. The Hall–Kier alpha value is -6.53. The second kappa shape index (κ2) is 18.4. The van der Waals surface area contributed by atoms with Crippen molar-refractivity contribution in [1.29, 1.82) is 5.26 Å². The second-order valence-corrected chi connectivity index (χ2v) is 20.0. The number of aromatic hydroxyl groups is 1. The number of hydrogen-bond donors (Lipinski definition) is 3. The first kappa shape index (κ1) is 47.4. The van der Waals surface area contributed by atoms with E-state index in [1.807, 2.05) is 77.9 Å². The molecule has 348 valence electrons. The number of likely N-dealkylation sites (tertiary alicyclic amines) is 1. The fourth-order valence-electron chi connectivity index (χ4n) is 9.97. The molecule has 3 aliphatic rings. The molecule has 1 unspecified atom stereocenters. The van der Waals surface area contributed by atoms with Crippen molar-refractivity contribution in [3.05, 3.63) is 84.7 Å². The summed E-state index contributed by atoms with van der Waals surface area (Å²) >= 11 is 0. The summed E-state index contributed by atoms with van der Waals surface area (Å²) in [6.45, 7) is 17.5. The molecule has 0 radical (unpaired) electrons. The van der Waals surface area contributed by atoms with Crippen molar-refractivity contribution >= 4 is 40.5 Å². The molecule has 4 amide bonds. The minimum atomic E-state index is -1.66. The Morgan fingerprint density at radius 3 is 2.44 bits per heavy atom. The van der Waals surface area contributed by atoms with Crippen LogP contribution in [0.3, 0.4) is 0 Å². The summed E-state index contributed by atoms with van der Waals surface area (Å²) in [5, 5.41) is 27.3. The average molecular weight is 899 g/mol. The predicted octanol–water partition coefficient (Wildman–Crippen LogP) is 5.89. The fraction of sp³-hybridized carbons (Fsp3) is 0.471. The smallest absolute Gasteiger partial charge is 0.324 e. The van der Waals surface area contributed by atoms with Crippen LogP contribution in [0.4, 0.5) is 0 Å². The van der Waals surface area contributed by atoms with E-state index in [-0.39, 0.29) is 49.6 Å². The number of rotatable bonds is 8. The molecule has 2 aromatic carbocycles. The SMILES string of the molecule is C=CC(=O)N1CC[C@H](C(=O)N(C)[C@H](C(=O)NC2(C)Cc3cc(O)cc(c3)-c3ccc4c(c3)c(c(-c3ccncc3)n4C(C)(C)C#N)CC(C)(C)COC(=O)[C@@H]3CCCN(N3)C2=O)C(C)C)C1. The fourth-order valence-corrected chi connectivity index (χ4v) is 9.97. The van der Waals surface area contributed by atoms with E-state index < -0.39 is 52.3 Å². The number of pyridine rings is 1. The molecule has 2 aromatic heterocycles. The summed E-state index contributed by atoms with van der Waals surface area (Å²) in [7, 11) is 1.57. The Labute approximate surface area is 386 Å². The lowest BCUT2D eigenvalue weighted by molar-refractivity contribution is -0.157. The second-order valence-electron chi connectivity index (χ2n) is 20.0. The van der Waals surface area contributed by atoms with E-state index in [9.17, 15) is 29.5 Å². The van der Waals surface area contributed by atoms with Gasteiger partial charge in [-0.25, -0.2) is 5.43 Å². The van der Waals surface area contributed by atoms with E-state index >= 15 is 4.79 Å². The number of nitrogens with one attached hydrogen (secondary N) is 2. The summed E-state index contributed by atoms with van der Waals surface area (Å²) < 4.78 is 8.14. The van der Waals surface area contributed by atoms with Crippen molar-refractivity contribution in [3.63, 3.8) is 0 Å². The monoisotopic (exact) mass is 898 g/mol. The number of cyclic esters (lactones) is 1. The topological polar surface area (TPSA) is 190 Å². The molecule has 2 saturated heterocycles. The van der Waals surface area contributed by atoms with Gasteiger partial charge in [0.05, 0.1) is 29.8 Å². The largest absolute Gasteiger partial charge is 0.508 e. The van der Waals surface area contributed by atoms with Crippen molar-refractivity contribution in [3.8, 4) is 34.2 Å². The van der Waals surface area contributed by atoms with Gasteiger partial charge in [0.1, 0.15) is 28.9 Å². The number of carbonyl (C=O) groups is 5. The number of fused-ring (bicyclic) bond motifs is 6. The van der Waals surface area contributed by atoms with Crippen molar-refractivity contribution < 1.29 is 33.8 Å². The summed E-state index contributed by atoms with van der Waals surface area (Å²) in [4.78, 5) is 77.2. The van der Waals surface area contributed by atoms with E-state index in [1.165, 1.54) is 16.0 Å². The van der Waals surface area contributed by atoms with Crippen LogP contribution in [0.25, 0.3) is 33.3 Å². The van der Waals surface area contributed by atoms with Crippen molar-refractivity contribution in [2.24, 2.45) is 17.3 Å². The van der Waals surface area contributed by atoms with Crippen molar-refractivity contribution in [2.75, 3.05) is 33.3 Å². The van der Waals surface area contributed by atoms with E-state index in [4.69, 9.17) is 4.74 Å². The van der Waals surface area contributed by atoms with Gasteiger partial charge in [-0.05, 0) is 117 Å². The molecule has 5 heterocycles. The van der Waals surface area contributed by atoms with Gasteiger partial charge >= 0.3 is 5.97 Å². The maximum Gasteiger partial charge on any atom is 0.324 e. The molecular weight excluding hydrogens is 837 g/mol. The highest BCUT2D eigenvalue weighted by Gasteiger charge is 2.45. The first-order valence-electron chi connectivity index (χ1n) is 22.7. The van der Waals surface area contributed by atoms with Gasteiger partial charge in [-0.2, -0.15) is 5.26 Å². The zero-order valence-electron chi connectivity index (χ0n) is 39.3. The Morgan fingerprint density at radius 2 is 1.76 bits per heavy atom. The number of esters is 1. The van der Waals surface area contributed by atoms with Gasteiger partial charge in [-0.3, -0.25) is 34.0 Å². The van der Waals surface area contributed by atoms with Crippen LogP contribution in [0.15, 0.2) is 73.6 Å². The Morgan fingerprint density at radius 1 is 1.03 bits per heavy atom. The molecule has 2 fully saturated rings. The molecule has 4 atom stereocenters. The number of aromatic nitrogens is 2. The lowest BCUT2D eigenvalue weighted by Gasteiger charge is -2.41. The molecule has 15 nitrogen and oxygen atoms in total. The third kappa shape index (κ3) is 9.42. The Balaban J connectivity index is 1.34. The molecule has 0 spiro atoms. The van der Waals surface area contributed by atoms with Crippen LogP contribution < -0.4 is 10.7 Å². The zero-order valence-corrected chi connectivity index (χ0v) is 39.3. The van der Waals surface area contributed by atoms with Gasteiger partial charge in [0.2, 0.25) is 17.7 Å². The Bertz CT molecular complexity index is 2610. The third-order valence-electron chi connectivity index (χ3n) is 13.3. The van der Waals surface area contributed by atoms with Crippen LogP contribution in [0.5, 0.6) is 5.75 Å². The highest BCUT2D eigenvalue weighted by Crippen LogP contribution is 2.43. The Kier molecular flexibility index (Phi) is 13.2. The lowest BCUT2D eigenvalue weighted by atomic mass is 9.84. The molecule has 66 heavy (non-hydrogen) atoms. The van der Waals surface area contributed by atoms with E-state index in [0.717, 1.165) is 33.3 Å². The third-order valence-corrected chi connectivity index (χ3v) is 13.3. The number of phenols is 1. The van der Waals surface area contributed by atoms with Crippen molar-refractivity contribution in [2.45, 2.75) is 104 Å².